The monoisotopic (exact) mass is 405 g/mol. The average molecular weight is 407 g/mol. The molecule has 0 aliphatic rings. The molecule has 0 unspecified atom stereocenters. The minimum absolute atomic E-state index is 0.0234. The summed E-state index contributed by atoms with van der Waals surface area (Å²) in [5.74, 6) is 0. The van der Waals surface area contributed by atoms with Gasteiger partial charge in [-0.2, -0.15) is 5.26 Å². The Bertz CT molecular complexity index is 946. The van der Waals surface area contributed by atoms with Crippen LogP contribution in [0.15, 0.2) is 46.2 Å². The van der Waals surface area contributed by atoms with Gasteiger partial charge in [0.1, 0.15) is 11.0 Å². The van der Waals surface area contributed by atoms with Gasteiger partial charge in [-0.15, -0.1) is 0 Å². The van der Waals surface area contributed by atoms with Crippen molar-refractivity contribution < 1.29 is 8.42 Å². The molecule has 2 rings (SSSR count). The molecule has 0 heterocycles. The van der Waals surface area contributed by atoms with Crippen molar-refractivity contribution in [2.75, 3.05) is 0 Å². The lowest BCUT2D eigenvalue weighted by molar-refractivity contribution is 0.603. The number of benzene rings is 2. The third kappa shape index (κ3) is 4.00. The van der Waals surface area contributed by atoms with E-state index in [1.165, 1.54) is 36.4 Å². The molecule has 23 heavy (non-hydrogen) atoms. The molecule has 0 aliphatic heterocycles. The lowest BCUT2D eigenvalue weighted by atomic mass is 10.2. The lowest BCUT2D eigenvalue weighted by Crippen LogP contribution is -2.04. The topological polar surface area (TPSA) is 57.9 Å². The van der Waals surface area contributed by atoms with Crippen LogP contribution >= 0.6 is 46.4 Å². The van der Waals surface area contributed by atoms with E-state index in [1.54, 1.807) is 12.1 Å². The van der Waals surface area contributed by atoms with Gasteiger partial charge in [0.25, 0.3) is 0 Å². The molecule has 0 spiro atoms. The van der Waals surface area contributed by atoms with E-state index in [9.17, 15) is 13.7 Å². The van der Waals surface area contributed by atoms with Crippen molar-refractivity contribution in [3.63, 3.8) is 0 Å². The Morgan fingerprint density at radius 1 is 0.957 bits per heavy atom. The molecule has 118 valence electrons. The molecule has 0 amide bonds. The van der Waals surface area contributed by atoms with Gasteiger partial charge in [-0.3, -0.25) is 0 Å². The first kappa shape index (κ1) is 18.1. The second-order valence-corrected chi connectivity index (χ2v) is 7.92. The summed E-state index contributed by atoms with van der Waals surface area (Å²) >= 11 is 23.4. The minimum atomic E-state index is -4.12. The van der Waals surface area contributed by atoms with Crippen molar-refractivity contribution in [1.82, 2.24) is 0 Å². The highest BCUT2D eigenvalue weighted by molar-refractivity contribution is 7.95. The first-order valence-corrected chi connectivity index (χ1v) is 9.02. The van der Waals surface area contributed by atoms with Crippen LogP contribution in [0, 0.1) is 11.3 Å². The molecule has 2 aromatic carbocycles. The summed E-state index contributed by atoms with van der Waals surface area (Å²) < 4.78 is 25.2. The van der Waals surface area contributed by atoms with E-state index in [0.29, 0.717) is 10.6 Å². The van der Waals surface area contributed by atoms with Gasteiger partial charge < -0.3 is 0 Å². The molecule has 0 radical (unpaired) electrons. The van der Waals surface area contributed by atoms with Gasteiger partial charge in [-0.05, 0) is 42.0 Å². The Hall–Kier alpha value is -1.22. The van der Waals surface area contributed by atoms with Crippen molar-refractivity contribution in [2.24, 2.45) is 0 Å². The number of sulfone groups is 1. The quantitative estimate of drug-likeness (QED) is 0.619. The van der Waals surface area contributed by atoms with Crippen LogP contribution in [0.25, 0.3) is 6.08 Å². The average Bonchev–Trinajstić information content (AvgIpc) is 2.50. The van der Waals surface area contributed by atoms with Gasteiger partial charge in [0.05, 0.1) is 20.0 Å². The lowest BCUT2D eigenvalue weighted by Gasteiger charge is -2.06. The van der Waals surface area contributed by atoms with Crippen LogP contribution in [-0.4, -0.2) is 8.42 Å². The highest BCUT2D eigenvalue weighted by Gasteiger charge is 2.24. The number of hydrogen-bond donors (Lipinski definition) is 0. The molecule has 0 saturated heterocycles. The fourth-order valence-corrected chi connectivity index (χ4v) is 3.95. The van der Waals surface area contributed by atoms with Crippen LogP contribution < -0.4 is 0 Å². The fraction of sp³-hybridized carbons (Fsp3) is 0. The molecular formula is C15H7Cl4NO2S. The Morgan fingerprint density at radius 3 is 2.22 bits per heavy atom. The van der Waals surface area contributed by atoms with Crippen LogP contribution in [0.4, 0.5) is 0 Å². The van der Waals surface area contributed by atoms with Crippen molar-refractivity contribution in [3.05, 3.63) is 67.0 Å². The largest absolute Gasteiger partial charge is 0.218 e. The zero-order valence-corrected chi connectivity index (χ0v) is 15.1. The van der Waals surface area contributed by atoms with E-state index in [2.05, 4.69) is 0 Å². The molecular weight excluding hydrogens is 400 g/mol. The molecule has 8 heteroatoms. The molecule has 3 nitrogen and oxygen atoms in total. The predicted octanol–water partition coefficient (Wildman–Crippen LogP) is 5.64. The number of halogens is 4. The fourth-order valence-electron chi connectivity index (χ4n) is 1.73. The van der Waals surface area contributed by atoms with Crippen molar-refractivity contribution in [3.8, 4) is 6.07 Å². The predicted molar refractivity (Wildman–Crippen MR) is 93.7 cm³/mol. The number of nitrogens with zero attached hydrogens (tertiary/aromatic N) is 1. The molecule has 0 atom stereocenters. The smallest absolute Gasteiger partial charge is 0.218 e. The van der Waals surface area contributed by atoms with E-state index in [0.717, 1.165) is 0 Å². The van der Waals surface area contributed by atoms with Crippen LogP contribution in [-0.2, 0) is 9.84 Å². The Morgan fingerprint density at radius 2 is 1.61 bits per heavy atom. The molecule has 0 saturated carbocycles. The summed E-state index contributed by atoms with van der Waals surface area (Å²) in [5.41, 5.74) is 0.415. The maximum Gasteiger partial charge on any atom is 0.218 e. The summed E-state index contributed by atoms with van der Waals surface area (Å²) in [4.78, 5) is -0.723. The van der Waals surface area contributed by atoms with E-state index < -0.39 is 14.7 Å². The summed E-state index contributed by atoms with van der Waals surface area (Å²) in [6.07, 6.45) is 1.19. The molecule has 0 aromatic heterocycles. The van der Waals surface area contributed by atoms with Gasteiger partial charge in [0, 0.05) is 5.02 Å². The van der Waals surface area contributed by atoms with Gasteiger partial charge in [-0.1, -0.05) is 52.5 Å². The van der Waals surface area contributed by atoms with Crippen LogP contribution in [0.5, 0.6) is 0 Å². The zero-order valence-electron chi connectivity index (χ0n) is 11.2. The zero-order chi connectivity index (χ0) is 17.2. The summed E-state index contributed by atoms with van der Waals surface area (Å²) in [6.45, 7) is 0. The molecule has 0 N–H and O–H groups in total. The first-order chi connectivity index (χ1) is 10.8. The standard InChI is InChI=1S/C15H7Cl4NO2S/c16-10-2-4-13(18)15(7-10)23(21,22)11(8-20)5-9-1-3-12(17)14(19)6-9/h1-7H/b11-5+. The van der Waals surface area contributed by atoms with Crippen molar-refractivity contribution in [2.45, 2.75) is 4.90 Å². The van der Waals surface area contributed by atoms with Crippen molar-refractivity contribution >= 4 is 62.3 Å². The Kier molecular flexibility index (Phi) is 5.61. The summed E-state index contributed by atoms with van der Waals surface area (Å²) in [7, 11) is -4.12. The first-order valence-electron chi connectivity index (χ1n) is 6.02. The number of nitriles is 1. The van der Waals surface area contributed by atoms with E-state index >= 15 is 0 Å². The third-order valence-electron chi connectivity index (χ3n) is 2.82. The highest BCUT2D eigenvalue weighted by atomic mass is 35.5. The third-order valence-corrected chi connectivity index (χ3v) is 5.94. The molecule has 0 aliphatic carbocycles. The van der Waals surface area contributed by atoms with E-state index in [4.69, 9.17) is 46.4 Å². The second kappa shape index (κ2) is 7.12. The van der Waals surface area contributed by atoms with Crippen LogP contribution in [0.2, 0.25) is 20.1 Å². The van der Waals surface area contributed by atoms with Gasteiger partial charge in [-0.25, -0.2) is 8.42 Å². The van der Waals surface area contributed by atoms with Gasteiger partial charge >= 0.3 is 0 Å². The maximum absolute atomic E-state index is 12.6. The van der Waals surface area contributed by atoms with Crippen molar-refractivity contribution in [1.29, 1.82) is 5.26 Å². The SMILES string of the molecule is N#C/C(=C\c1ccc(Cl)c(Cl)c1)S(=O)(=O)c1cc(Cl)ccc1Cl. The van der Waals surface area contributed by atoms with E-state index in [-0.39, 0.29) is 20.0 Å². The maximum atomic E-state index is 12.6. The molecule has 2 aromatic rings. The summed E-state index contributed by atoms with van der Waals surface area (Å²) in [5, 5.41) is 9.98. The molecule has 0 fully saturated rings. The van der Waals surface area contributed by atoms with Gasteiger partial charge in [0.2, 0.25) is 9.84 Å². The Balaban J connectivity index is 2.59. The van der Waals surface area contributed by atoms with Gasteiger partial charge in [0.15, 0.2) is 0 Å². The van der Waals surface area contributed by atoms with Crippen LogP contribution in [0.3, 0.4) is 0 Å². The van der Waals surface area contributed by atoms with E-state index in [1.807, 2.05) is 0 Å². The Labute approximate surface area is 153 Å². The number of rotatable bonds is 3. The summed E-state index contributed by atoms with van der Waals surface area (Å²) in [6, 6.07) is 10.2. The highest BCUT2D eigenvalue weighted by Crippen LogP contribution is 2.31. The molecule has 0 bridgehead atoms. The number of allylic oxidation sites excluding steroid dienone is 1. The normalized spacial score (nSPS) is 12.0. The second-order valence-electron chi connectivity index (χ2n) is 4.37. The van der Waals surface area contributed by atoms with Crippen LogP contribution in [0.1, 0.15) is 5.56 Å². The minimum Gasteiger partial charge on any atom is -0.218 e. The number of hydrogen-bond acceptors (Lipinski definition) is 3.